The number of benzene rings is 1. The van der Waals surface area contributed by atoms with Crippen LogP contribution in [0.3, 0.4) is 0 Å². The molecule has 3 rings (SSSR count). The molecule has 1 aromatic carbocycles. The molecular weight excluding hydrogens is 282 g/mol. The van der Waals surface area contributed by atoms with Crippen LogP contribution in [-0.4, -0.2) is 20.2 Å². The van der Waals surface area contributed by atoms with Crippen molar-refractivity contribution in [3.63, 3.8) is 0 Å². The zero-order chi connectivity index (χ0) is 15.0. The van der Waals surface area contributed by atoms with Gasteiger partial charge >= 0.3 is 0 Å². The largest absolute Gasteiger partial charge is 0.309 e. The molecule has 0 saturated carbocycles. The van der Waals surface area contributed by atoms with E-state index >= 15 is 0 Å². The Morgan fingerprint density at radius 2 is 1.86 bits per heavy atom. The number of rotatable bonds is 5. The number of aryl methyl sites for hydroxylation is 2. The molecule has 0 radical (unpaired) electrons. The minimum absolute atomic E-state index is 0.0178. The van der Waals surface area contributed by atoms with E-state index in [1.54, 1.807) is 0 Å². The molecule has 2 unspecified atom stereocenters. The average molecular weight is 307 g/mol. The molecule has 0 bridgehead atoms. The van der Waals surface area contributed by atoms with Gasteiger partial charge < -0.3 is 5.32 Å². The van der Waals surface area contributed by atoms with E-state index in [0.717, 1.165) is 50.6 Å². The molecule has 21 heavy (non-hydrogen) atoms. The smallest absolute Gasteiger partial charge is 0.183 e. The van der Waals surface area contributed by atoms with E-state index in [-0.39, 0.29) is 11.3 Å². The van der Waals surface area contributed by atoms with Gasteiger partial charge in [-0.25, -0.2) is 8.42 Å². The first kappa shape index (κ1) is 15.0. The fourth-order valence-electron chi connectivity index (χ4n) is 3.80. The molecule has 1 aliphatic heterocycles. The highest BCUT2D eigenvalue weighted by Crippen LogP contribution is 2.43. The highest BCUT2D eigenvalue weighted by Gasteiger charge is 2.44. The van der Waals surface area contributed by atoms with Crippen molar-refractivity contribution < 1.29 is 8.42 Å². The number of nitrogens with one attached hydrogen (secondary N) is 1. The van der Waals surface area contributed by atoms with Crippen LogP contribution >= 0.6 is 0 Å². The first-order valence-corrected chi connectivity index (χ1v) is 9.77. The number of hydrogen-bond acceptors (Lipinski definition) is 3. The van der Waals surface area contributed by atoms with E-state index in [1.165, 1.54) is 11.1 Å². The van der Waals surface area contributed by atoms with E-state index < -0.39 is 9.84 Å². The highest BCUT2D eigenvalue weighted by molar-refractivity contribution is 7.92. The summed E-state index contributed by atoms with van der Waals surface area (Å²) in [4.78, 5) is 0.607. The van der Waals surface area contributed by atoms with Gasteiger partial charge in [-0.3, -0.25) is 0 Å². The minimum Gasteiger partial charge on any atom is -0.309 e. The van der Waals surface area contributed by atoms with Crippen molar-refractivity contribution in [3.05, 3.63) is 28.8 Å². The van der Waals surface area contributed by atoms with Gasteiger partial charge in [-0.15, -0.1) is 0 Å². The summed E-state index contributed by atoms with van der Waals surface area (Å²) >= 11 is 0. The van der Waals surface area contributed by atoms with Gasteiger partial charge in [-0.2, -0.15) is 0 Å². The Hall–Kier alpha value is -0.870. The molecule has 0 fully saturated rings. The molecule has 0 spiro atoms. The predicted molar refractivity (Wildman–Crippen MR) is 85.4 cm³/mol. The molecule has 1 aliphatic carbocycles. The first-order chi connectivity index (χ1) is 10.1. The Kier molecular flexibility index (Phi) is 4.10. The molecule has 2 atom stereocenters. The molecule has 1 N–H and O–H groups in total. The van der Waals surface area contributed by atoms with Crippen LogP contribution in [0.25, 0.3) is 0 Å². The van der Waals surface area contributed by atoms with Crippen LogP contribution in [-0.2, 0) is 22.7 Å². The summed E-state index contributed by atoms with van der Waals surface area (Å²) in [5.41, 5.74) is 3.65. The molecular formula is C17H25NO2S. The van der Waals surface area contributed by atoms with Crippen molar-refractivity contribution in [2.45, 2.75) is 68.6 Å². The molecule has 1 aromatic rings. The summed E-state index contributed by atoms with van der Waals surface area (Å²) in [5.74, 6) is 0. The minimum atomic E-state index is -3.17. The summed E-state index contributed by atoms with van der Waals surface area (Å²) in [5, 5.41) is 3.20. The summed E-state index contributed by atoms with van der Waals surface area (Å²) in [7, 11) is -3.17. The molecule has 0 aromatic heterocycles. The van der Waals surface area contributed by atoms with E-state index in [1.807, 2.05) is 6.07 Å². The Bertz CT molecular complexity index is 636. The van der Waals surface area contributed by atoms with Gasteiger partial charge in [0.25, 0.3) is 0 Å². The van der Waals surface area contributed by atoms with E-state index in [2.05, 4.69) is 25.2 Å². The van der Waals surface area contributed by atoms with Gasteiger partial charge in [-0.1, -0.05) is 26.3 Å². The maximum Gasteiger partial charge on any atom is 0.183 e. The second-order valence-electron chi connectivity index (χ2n) is 6.32. The van der Waals surface area contributed by atoms with Crippen molar-refractivity contribution in [3.8, 4) is 0 Å². The Balaban J connectivity index is 2.08. The van der Waals surface area contributed by atoms with Crippen molar-refractivity contribution in [2.75, 3.05) is 6.54 Å². The standard InChI is InChI=1S/C17H25NO2S/c1-3-6-15-17(18-9-4-2)14-10-12-7-5-8-13(12)11-16(14)21(15,19)20/h10-11,15,17-18H,3-9H2,1-2H3. The summed E-state index contributed by atoms with van der Waals surface area (Å²) in [6.45, 7) is 5.06. The SMILES string of the molecule is CCCNC1c2cc3c(cc2S(=O)(=O)C1CCC)CCC3. The quantitative estimate of drug-likeness (QED) is 0.909. The zero-order valence-electron chi connectivity index (χ0n) is 13.0. The van der Waals surface area contributed by atoms with Gasteiger partial charge in [0.15, 0.2) is 9.84 Å². The van der Waals surface area contributed by atoms with Crippen molar-refractivity contribution in [1.82, 2.24) is 5.32 Å². The summed E-state index contributed by atoms with van der Waals surface area (Å²) < 4.78 is 25.8. The molecule has 0 saturated heterocycles. The Morgan fingerprint density at radius 1 is 1.14 bits per heavy atom. The lowest BCUT2D eigenvalue weighted by molar-refractivity contribution is 0.481. The maximum absolute atomic E-state index is 12.9. The van der Waals surface area contributed by atoms with Crippen LogP contribution in [0, 0.1) is 0 Å². The molecule has 4 heteroatoms. The third-order valence-electron chi connectivity index (χ3n) is 4.82. The van der Waals surface area contributed by atoms with E-state index in [0.29, 0.717) is 4.90 Å². The van der Waals surface area contributed by atoms with Gasteiger partial charge in [0.05, 0.1) is 16.2 Å². The van der Waals surface area contributed by atoms with Gasteiger partial charge in [0.1, 0.15) is 0 Å². The summed E-state index contributed by atoms with van der Waals surface area (Å²) in [6, 6.07) is 4.14. The first-order valence-electron chi connectivity index (χ1n) is 8.22. The predicted octanol–water partition coefficient (Wildman–Crippen LogP) is 3.17. The Morgan fingerprint density at radius 3 is 2.52 bits per heavy atom. The Labute approximate surface area is 128 Å². The third kappa shape index (κ3) is 2.42. The van der Waals surface area contributed by atoms with Crippen LogP contribution in [0.1, 0.15) is 62.3 Å². The number of hydrogen-bond donors (Lipinski definition) is 1. The van der Waals surface area contributed by atoms with Crippen LogP contribution in [0.15, 0.2) is 17.0 Å². The molecule has 2 aliphatic rings. The molecule has 3 nitrogen and oxygen atoms in total. The fourth-order valence-corrected chi connectivity index (χ4v) is 6.09. The van der Waals surface area contributed by atoms with Crippen molar-refractivity contribution in [2.24, 2.45) is 0 Å². The molecule has 0 amide bonds. The van der Waals surface area contributed by atoms with Crippen molar-refractivity contribution >= 4 is 9.84 Å². The van der Waals surface area contributed by atoms with Gasteiger partial charge in [0, 0.05) is 0 Å². The van der Waals surface area contributed by atoms with E-state index in [9.17, 15) is 8.42 Å². The number of fused-ring (bicyclic) bond motifs is 2. The number of sulfone groups is 1. The lowest BCUT2D eigenvalue weighted by Crippen LogP contribution is -2.32. The van der Waals surface area contributed by atoms with Crippen LogP contribution < -0.4 is 5.32 Å². The topological polar surface area (TPSA) is 46.2 Å². The lowest BCUT2D eigenvalue weighted by atomic mass is 9.97. The molecule has 116 valence electrons. The van der Waals surface area contributed by atoms with Gasteiger partial charge in [-0.05, 0) is 61.4 Å². The zero-order valence-corrected chi connectivity index (χ0v) is 13.8. The monoisotopic (exact) mass is 307 g/mol. The van der Waals surface area contributed by atoms with Crippen LogP contribution in [0.2, 0.25) is 0 Å². The van der Waals surface area contributed by atoms with E-state index in [4.69, 9.17) is 0 Å². The highest BCUT2D eigenvalue weighted by atomic mass is 32.2. The second-order valence-corrected chi connectivity index (χ2v) is 8.45. The average Bonchev–Trinajstić information content (AvgIpc) is 2.99. The molecule has 1 heterocycles. The maximum atomic E-state index is 12.9. The lowest BCUT2D eigenvalue weighted by Gasteiger charge is -2.20. The van der Waals surface area contributed by atoms with Crippen LogP contribution in [0.4, 0.5) is 0 Å². The third-order valence-corrected chi connectivity index (χ3v) is 7.10. The normalized spacial score (nSPS) is 25.8. The van der Waals surface area contributed by atoms with Crippen LogP contribution in [0.5, 0.6) is 0 Å². The van der Waals surface area contributed by atoms with Crippen molar-refractivity contribution in [1.29, 1.82) is 0 Å². The summed E-state index contributed by atoms with van der Waals surface area (Å²) in [6.07, 6.45) is 5.95. The van der Waals surface area contributed by atoms with Gasteiger partial charge in [0.2, 0.25) is 0 Å². The fraction of sp³-hybridized carbons (Fsp3) is 0.647. The second kappa shape index (κ2) is 5.73.